The Balaban J connectivity index is 0.992. The molecule has 5 heteroatoms. The van der Waals surface area contributed by atoms with Crippen LogP contribution in [0, 0.1) is 0 Å². The zero-order valence-electron chi connectivity index (χ0n) is 68.7. The first-order chi connectivity index (χ1) is 53.9. The maximum atomic E-state index is 2.77. The molecule has 0 radical (unpaired) electrons. The van der Waals surface area contributed by atoms with Crippen molar-refractivity contribution in [3.8, 4) is 56.1 Å². The van der Waals surface area contributed by atoms with Crippen molar-refractivity contribution in [1.82, 2.24) is 18.3 Å². The molecule has 2 aliphatic heterocycles. The van der Waals surface area contributed by atoms with Gasteiger partial charge < -0.3 is 18.3 Å². The van der Waals surface area contributed by atoms with Crippen molar-refractivity contribution < 1.29 is 0 Å². The lowest BCUT2D eigenvalue weighted by Gasteiger charge is -2.35. The number of benzene rings is 15. The third-order valence-electron chi connectivity index (χ3n) is 26.0. The van der Waals surface area contributed by atoms with Crippen LogP contribution in [-0.2, 0) is 32.5 Å². The first kappa shape index (κ1) is 69.3. The van der Waals surface area contributed by atoms with E-state index >= 15 is 0 Å². The number of hydrogen-bond donors (Lipinski definition) is 0. The van der Waals surface area contributed by atoms with Crippen molar-refractivity contribution in [2.45, 2.75) is 157 Å². The first-order valence-corrected chi connectivity index (χ1v) is 41.0. The summed E-state index contributed by atoms with van der Waals surface area (Å²) in [5.74, 6) is 0. The molecule has 0 bridgehead atoms. The largest absolute Gasteiger partial charge is 0.310 e. The first-order valence-electron chi connectivity index (χ1n) is 41.0. The zero-order chi connectivity index (χ0) is 78.0. The monoisotopic (exact) mass is 1460 g/mol. The summed E-state index contributed by atoms with van der Waals surface area (Å²) >= 11 is 0. The minimum atomic E-state index is -0.197. The fourth-order valence-corrected chi connectivity index (χ4v) is 20.0. The maximum Gasteiger partial charge on any atom is 0.252 e. The SMILES string of the molecule is CC(C)(C)c1ccc2c(c1)c1cc(C(C)(C)C)ccc1n2-c1cccc(-n2c3ccc(C(C)(C)C)cc3c3cc(C(C)(C)C)ccc32)c1-c1cc2c3c(c1)-n1c4ccc5c6ccccc6c6ccccc6c5c4c4cc(-c5ccccc5-c5ccccc5)cc(c41)B3c1cc(C(C)(C)C)cc3c4cc(C(C)(C)C)ccc4n-2c13. The van der Waals surface area contributed by atoms with Crippen LogP contribution < -0.4 is 16.4 Å². The molecule has 113 heavy (non-hydrogen) atoms. The fraction of sp³-hybridized carbons (Fsp3) is 0.222. The Morgan fingerprint density at radius 3 is 1.03 bits per heavy atom. The lowest BCUT2D eigenvalue weighted by Crippen LogP contribution is -2.59. The van der Waals surface area contributed by atoms with Crippen LogP contribution >= 0.6 is 0 Å². The molecule has 21 rings (SSSR count). The third-order valence-corrected chi connectivity index (χ3v) is 26.0. The van der Waals surface area contributed by atoms with Gasteiger partial charge >= 0.3 is 0 Å². The molecule has 0 spiro atoms. The molecule has 4 nitrogen and oxygen atoms in total. The molecule has 4 aromatic heterocycles. The van der Waals surface area contributed by atoms with E-state index in [4.69, 9.17) is 0 Å². The Labute approximate surface area is 664 Å². The van der Waals surface area contributed by atoms with E-state index in [0.29, 0.717) is 0 Å². The van der Waals surface area contributed by atoms with Gasteiger partial charge in [0.1, 0.15) is 0 Å². The van der Waals surface area contributed by atoms with Gasteiger partial charge in [0, 0.05) is 76.4 Å². The summed E-state index contributed by atoms with van der Waals surface area (Å²) < 4.78 is 10.8. The summed E-state index contributed by atoms with van der Waals surface area (Å²) in [6.07, 6.45) is 0. The highest BCUT2D eigenvalue weighted by Gasteiger charge is 2.44. The van der Waals surface area contributed by atoms with E-state index < -0.39 is 0 Å². The smallest absolute Gasteiger partial charge is 0.252 e. The van der Waals surface area contributed by atoms with Gasteiger partial charge in [-0.15, -0.1) is 0 Å². The molecule has 15 aromatic carbocycles. The van der Waals surface area contributed by atoms with Crippen LogP contribution in [0.5, 0.6) is 0 Å². The minimum Gasteiger partial charge on any atom is -0.310 e. The lowest BCUT2D eigenvalue weighted by molar-refractivity contribution is 0.590. The van der Waals surface area contributed by atoms with Gasteiger partial charge in [0.15, 0.2) is 0 Å². The molecule has 2 aliphatic rings. The van der Waals surface area contributed by atoms with E-state index in [1.165, 1.54) is 203 Å². The summed E-state index contributed by atoms with van der Waals surface area (Å²) in [6.45, 7) is 42.4. The van der Waals surface area contributed by atoms with Crippen LogP contribution in [0.1, 0.15) is 158 Å². The molecule has 0 unspecified atom stereocenters. The Kier molecular flexibility index (Phi) is 14.4. The second-order valence-electron chi connectivity index (χ2n) is 39.3. The second-order valence-corrected chi connectivity index (χ2v) is 39.3. The van der Waals surface area contributed by atoms with E-state index in [-0.39, 0.29) is 39.2 Å². The molecule has 0 saturated heterocycles. The summed E-state index contributed by atoms with van der Waals surface area (Å²) in [5.41, 5.74) is 32.8. The van der Waals surface area contributed by atoms with Crippen molar-refractivity contribution in [3.63, 3.8) is 0 Å². The Morgan fingerprint density at radius 1 is 0.212 bits per heavy atom. The average molecular weight is 1460 g/mol. The Hall–Kier alpha value is -11.7. The van der Waals surface area contributed by atoms with Crippen LogP contribution in [-0.4, -0.2) is 25.0 Å². The van der Waals surface area contributed by atoms with Gasteiger partial charge in [0.2, 0.25) is 0 Å². The van der Waals surface area contributed by atoms with Crippen molar-refractivity contribution in [1.29, 1.82) is 0 Å². The van der Waals surface area contributed by atoms with E-state index in [2.05, 4.69) is 404 Å². The van der Waals surface area contributed by atoms with Gasteiger partial charge in [-0.25, -0.2) is 0 Å². The molecule has 0 N–H and O–H groups in total. The molecular formula is C108H97BN4. The highest BCUT2D eigenvalue weighted by molar-refractivity contribution is 7.00. The number of nitrogens with zero attached hydrogens (tertiary/aromatic N) is 4. The predicted octanol–water partition coefficient (Wildman–Crippen LogP) is 27.5. The van der Waals surface area contributed by atoms with Crippen LogP contribution in [0.25, 0.3) is 176 Å². The maximum absolute atomic E-state index is 2.77. The summed E-state index contributed by atoms with van der Waals surface area (Å²) in [4.78, 5) is 0. The van der Waals surface area contributed by atoms with Crippen LogP contribution in [0.4, 0.5) is 0 Å². The van der Waals surface area contributed by atoms with Gasteiger partial charge in [-0.1, -0.05) is 282 Å². The minimum absolute atomic E-state index is 0.0860. The summed E-state index contributed by atoms with van der Waals surface area (Å²) in [7, 11) is 0. The van der Waals surface area contributed by atoms with Gasteiger partial charge in [-0.3, -0.25) is 0 Å². The number of rotatable bonds is 5. The number of aromatic nitrogens is 4. The summed E-state index contributed by atoms with van der Waals surface area (Å²) in [5, 5.41) is 17.8. The third kappa shape index (κ3) is 10.1. The standard InChI is InChI=1S/C108H97BN4/c1-103(2,3)65-39-45-87-78(55-65)79-56-66(104(4,5)6)40-46-88(79)110(87)92-37-28-38-93(111-89-47-41-67(105(7,8)9)57-80(89)81-58-68(106(10,11)12)42-48-90(81)111)97(92)64-53-95-100-96(54-64)113-94-50-44-77-75-35-25-24-33-73(75)74-34-26-27-36-76(74)98(77)99(94)84-51-63(72-32-23-22-31-71(72)62-29-20-19-21-30-62)52-85(102(84)113)109(100)86-61-70(108(16,17)18)60-83-82-59-69(107(13,14)15)43-49-91(82)112(95)101(83)86/h19-61H,1-18H3. The average Bonchev–Trinajstić information content (AvgIpc) is 1.54. The highest BCUT2D eigenvalue weighted by Crippen LogP contribution is 2.52. The number of fused-ring (bicyclic) bond motifs is 23. The van der Waals surface area contributed by atoms with E-state index in [0.717, 1.165) is 22.5 Å². The van der Waals surface area contributed by atoms with Crippen LogP contribution in [0.15, 0.2) is 261 Å². The Bertz CT molecular complexity index is 7050. The van der Waals surface area contributed by atoms with Gasteiger partial charge in [0.25, 0.3) is 6.71 Å². The van der Waals surface area contributed by atoms with E-state index in [9.17, 15) is 0 Å². The molecule has 0 saturated carbocycles. The summed E-state index contributed by atoms with van der Waals surface area (Å²) in [6, 6.07) is 103. The number of hydrogen-bond acceptors (Lipinski definition) is 0. The predicted molar refractivity (Wildman–Crippen MR) is 489 cm³/mol. The molecule has 0 atom stereocenters. The molecular weight excluding hydrogens is 1360 g/mol. The van der Waals surface area contributed by atoms with Gasteiger partial charge in [0.05, 0.1) is 44.5 Å². The topological polar surface area (TPSA) is 19.7 Å². The van der Waals surface area contributed by atoms with Crippen LogP contribution in [0.3, 0.4) is 0 Å². The normalized spacial score (nSPS) is 13.6. The van der Waals surface area contributed by atoms with Gasteiger partial charge in [-0.2, -0.15) is 0 Å². The molecule has 0 aliphatic carbocycles. The van der Waals surface area contributed by atoms with Crippen molar-refractivity contribution in [3.05, 3.63) is 294 Å². The lowest BCUT2D eigenvalue weighted by atomic mass is 9.34. The zero-order valence-corrected chi connectivity index (χ0v) is 68.7. The molecule has 0 fully saturated rings. The van der Waals surface area contributed by atoms with E-state index in [1.54, 1.807) is 0 Å². The molecule has 0 amide bonds. The van der Waals surface area contributed by atoms with Crippen molar-refractivity contribution >= 4 is 143 Å². The molecule has 552 valence electrons. The highest BCUT2D eigenvalue weighted by atomic mass is 15.1. The second kappa shape index (κ2) is 23.5. The molecule has 19 aromatic rings. The Morgan fingerprint density at radius 2 is 0.566 bits per heavy atom. The fourth-order valence-electron chi connectivity index (χ4n) is 20.0. The van der Waals surface area contributed by atoms with E-state index in [1.807, 2.05) is 0 Å². The van der Waals surface area contributed by atoms with Gasteiger partial charge in [-0.05, 0) is 240 Å². The van der Waals surface area contributed by atoms with Crippen LogP contribution in [0.2, 0.25) is 0 Å². The van der Waals surface area contributed by atoms with Crippen molar-refractivity contribution in [2.24, 2.45) is 0 Å². The molecule has 6 heterocycles. The van der Waals surface area contributed by atoms with Crippen molar-refractivity contribution in [2.75, 3.05) is 0 Å². The quantitative estimate of drug-likeness (QED) is 0.121.